The third-order valence-electron chi connectivity index (χ3n) is 8.48. The van der Waals surface area contributed by atoms with Gasteiger partial charge >= 0.3 is 12.7 Å². The third-order valence-corrected chi connectivity index (χ3v) is 8.48. The first-order valence-corrected chi connectivity index (χ1v) is 14.6. The lowest BCUT2D eigenvalue weighted by atomic mass is 9.88. The van der Waals surface area contributed by atoms with Crippen molar-refractivity contribution in [2.24, 2.45) is 0 Å². The van der Waals surface area contributed by atoms with Gasteiger partial charge in [-0.2, -0.15) is 8.78 Å². The number of hydrogen-bond acceptors (Lipinski definition) is 5. The van der Waals surface area contributed by atoms with Gasteiger partial charge in [-0.3, -0.25) is 4.79 Å². The number of aromatic nitrogens is 2. The zero-order chi connectivity index (χ0) is 30.0. The molecule has 1 saturated heterocycles. The van der Waals surface area contributed by atoms with Crippen molar-refractivity contribution in [1.82, 2.24) is 19.8 Å². The molecule has 3 atom stereocenters. The molecule has 1 N–H and O–H groups in total. The topological polar surface area (TPSA) is 85.7 Å². The van der Waals surface area contributed by atoms with Gasteiger partial charge in [-0.25, -0.2) is 9.78 Å². The quantitative estimate of drug-likeness (QED) is 0.274. The molecule has 3 aromatic carbocycles. The predicted molar refractivity (Wildman–Crippen MR) is 156 cm³/mol. The van der Waals surface area contributed by atoms with E-state index < -0.39 is 12.2 Å². The van der Waals surface area contributed by atoms with E-state index >= 15 is 0 Å². The van der Waals surface area contributed by atoms with Gasteiger partial charge in [0, 0.05) is 17.7 Å². The Hall–Kier alpha value is -4.47. The minimum absolute atomic E-state index is 0.00173. The van der Waals surface area contributed by atoms with Crippen LogP contribution in [0.4, 0.5) is 13.6 Å². The van der Waals surface area contributed by atoms with E-state index in [0.29, 0.717) is 35.2 Å². The number of halogens is 2. The molecule has 0 spiro atoms. The van der Waals surface area contributed by atoms with Crippen LogP contribution in [0, 0.1) is 0 Å². The highest BCUT2D eigenvalue weighted by Crippen LogP contribution is 2.50. The summed E-state index contributed by atoms with van der Waals surface area (Å²) < 4.78 is 40.3. The van der Waals surface area contributed by atoms with Crippen LogP contribution in [0.5, 0.6) is 5.75 Å². The SMILES string of the molecule is CC(C)(C)OC(=O)N1CCCC1c1ccc(-c2c(OC(F)F)ccc3c2[C@H]2C[C@@H](NC3=O)c3nc4ccccc4n32)cc1. The molecular weight excluding hydrogens is 554 g/mol. The summed E-state index contributed by atoms with van der Waals surface area (Å²) in [6.45, 7) is 3.08. The van der Waals surface area contributed by atoms with Crippen molar-refractivity contribution in [2.45, 2.75) is 70.4 Å². The summed E-state index contributed by atoms with van der Waals surface area (Å²) in [6.07, 6.45) is 1.83. The Kier molecular flexibility index (Phi) is 6.41. The van der Waals surface area contributed by atoms with Crippen molar-refractivity contribution >= 4 is 23.0 Å². The first kappa shape index (κ1) is 27.4. The Balaban J connectivity index is 1.34. The van der Waals surface area contributed by atoms with Gasteiger partial charge in [0.2, 0.25) is 0 Å². The second-order valence-corrected chi connectivity index (χ2v) is 12.3. The molecule has 3 aliphatic heterocycles. The first-order chi connectivity index (χ1) is 20.6. The maximum absolute atomic E-state index is 13.7. The van der Waals surface area contributed by atoms with Crippen LogP contribution in [0.25, 0.3) is 22.2 Å². The molecule has 2 bridgehead atoms. The first-order valence-electron chi connectivity index (χ1n) is 14.6. The summed E-state index contributed by atoms with van der Waals surface area (Å²) in [5.41, 5.74) is 4.18. The average molecular weight is 587 g/mol. The van der Waals surface area contributed by atoms with Crippen LogP contribution in [0.2, 0.25) is 0 Å². The number of benzene rings is 3. The molecule has 4 heterocycles. The van der Waals surface area contributed by atoms with E-state index in [1.807, 2.05) is 69.3 Å². The number of para-hydroxylation sites is 2. The number of nitrogens with one attached hydrogen (secondary N) is 1. The predicted octanol–water partition coefficient (Wildman–Crippen LogP) is 7.15. The molecule has 2 amide bonds. The molecule has 7 rings (SSSR count). The molecule has 0 radical (unpaired) electrons. The summed E-state index contributed by atoms with van der Waals surface area (Å²) in [6, 6.07) is 17.5. The monoisotopic (exact) mass is 586 g/mol. The van der Waals surface area contributed by atoms with E-state index in [0.717, 1.165) is 35.3 Å². The highest BCUT2D eigenvalue weighted by Gasteiger charge is 2.42. The van der Waals surface area contributed by atoms with Crippen molar-refractivity contribution in [3.05, 3.63) is 83.2 Å². The molecule has 1 aromatic heterocycles. The fraction of sp³-hybridized carbons (Fsp3) is 0.364. The molecular formula is C33H32F2N4O4. The lowest BCUT2D eigenvalue weighted by molar-refractivity contribution is -0.0495. The lowest BCUT2D eigenvalue weighted by Gasteiger charge is -2.29. The van der Waals surface area contributed by atoms with Crippen LogP contribution < -0.4 is 10.1 Å². The normalized spacial score (nSPS) is 21.0. The second kappa shape index (κ2) is 10.1. The van der Waals surface area contributed by atoms with Crippen LogP contribution in [-0.2, 0) is 4.74 Å². The number of nitrogens with zero attached hydrogens (tertiary/aromatic N) is 3. The molecule has 3 aliphatic rings. The number of carbonyl (C=O) groups is 2. The Bertz CT molecular complexity index is 1740. The third kappa shape index (κ3) is 4.69. The number of amides is 2. The van der Waals surface area contributed by atoms with Crippen molar-refractivity contribution in [3.63, 3.8) is 0 Å². The molecule has 1 unspecified atom stereocenters. The van der Waals surface area contributed by atoms with E-state index in [1.165, 1.54) is 6.07 Å². The van der Waals surface area contributed by atoms with Crippen LogP contribution in [0.3, 0.4) is 0 Å². The number of likely N-dealkylation sites (tertiary alicyclic amines) is 1. The Morgan fingerprint density at radius 1 is 1.05 bits per heavy atom. The summed E-state index contributed by atoms with van der Waals surface area (Å²) in [7, 11) is 0. The zero-order valence-electron chi connectivity index (χ0n) is 24.1. The summed E-state index contributed by atoms with van der Waals surface area (Å²) in [4.78, 5) is 33.0. The second-order valence-electron chi connectivity index (χ2n) is 12.3. The minimum Gasteiger partial charge on any atom is -0.444 e. The molecule has 8 nitrogen and oxygen atoms in total. The van der Waals surface area contributed by atoms with Gasteiger partial charge < -0.3 is 24.3 Å². The minimum atomic E-state index is -3.04. The number of alkyl halides is 2. The maximum Gasteiger partial charge on any atom is 0.410 e. The number of carbonyl (C=O) groups excluding carboxylic acids is 2. The van der Waals surface area contributed by atoms with Gasteiger partial charge in [0.25, 0.3) is 5.91 Å². The lowest BCUT2D eigenvalue weighted by Crippen LogP contribution is -2.36. The number of hydrogen-bond donors (Lipinski definition) is 1. The van der Waals surface area contributed by atoms with Gasteiger partial charge in [-0.05, 0) is 81.0 Å². The highest BCUT2D eigenvalue weighted by molar-refractivity contribution is 6.00. The van der Waals surface area contributed by atoms with Crippen molar-refractivity contribution in [2.75, 3.05) is 6.54 Å². The molecule has 4 aromatic rings. The zero-order valence-corrected chi connectivity index (χ0v) is 24.1. The number of ether oxygens (including phenoxy) is 2. The van der Waals surface area contributed by atoms with Crippen LogP contribution >= 0.6 is 0 Å². The van der Waals surface area contributed by atoms with Crippen molar-refractivity contribution < 1.29 is 27.8 Å². The standard InChI is InChI=1S/C33H32F2N4O4/c1-33(2,3)43-32(41)38-16-6-9-23(38)18-10-12-19(13-11-18)27-26(42-31(34)35)15-14-20-28(27)25-17-22(37-30(20)40)29-36-21-7-4-5-8-24(21)39(25)29/h4-5,7-8,10-15,22-23,25,31H,6,9,16-17H2,1-3H3,(H,37,40)/t22-,23?,25-/m1/s1. The molecule has 43 heavy (non-hydrogen) atoms. The van der Waals surface area contributed by atoms with Crippen LogP contribution in [0.1, 0.15) is 85.5 Å². The van der Waals surface area contributed by atoms with Gasteiger partial charge in [0.05, 0.1) is 29.2 Å². The average Bonchev–Trinajstić information content (AvgIpc) is 3.65. The summed E-state index contributed by atoms with van der Waals surface area (Å²) >= 11 is 0. The maximum atomic E-state index is 13.7. The molecule has 0 aliphatic carbocycles. The van der Waals surface area contributed by atoms with Crippen molar-refractivity contribution in [1.29, 1.82) is 0 Å². The van der Waals surface area contributed by atoms with Gasteiger partial charge in [-0.1, -0.05) is 36.4 Å². The fourth-order valence-corrected chi connectivity index (χ4v) is 6.84. The van der Waals surface area contributed by atoms with Gasteiger partial charge in [0.1, 0.15) is 17.2 Å². The van der Waals surface area contributed by atoms with E-state index in [-0.39, 0.29) is 35.9 Å². The Morgan fingerprint density at radius 2 is 1.81 bits per heavy atom. The molecule has 1 fully saturated rings. The smallest absolute Gasteiger partial charge is 0.410 e. The van der Waals surface area contributed by atoms with E-state index in [9.17, 15) is 18.4 Å². The summed E-state index contributed by atoms with van der Waals surface area (Å²) in [5, 5.41) is 3.10. The highest BCUT2D eigenvalue weighted by atomic mass is 19.3. The Morgan fingerprint density at radius 3 is 2.56 bits per heavy atom. The molecule has 0 saturated carbocycles. The number of fused-ring (bicyclic) bond motifs is 9. The van der Waals surface area contributed by atoms with Crippen LogP contribution in [0.15, 0.2) is 60.7 Å². The number of rotatable bonds is 4. The summed E-state index contributed by atoms with van der Waals surface area (Å²) in [5.74, 6) is 0.471. The fourth-order valence-electron chi connectivity index (χ4n) is 6.84. The number of imidazole rings is 1. The van der Waals surface area contributed by atoms with Gasteiger partial charge in [-0.15, -0.1) is 0 Å². The van der Waals surface area contributed by atoms with E-state index in [2.05, 4.69) is 9.88 Å². The Labute approximate surface area is 247 Å². The van der Waals surface area contributed by atoms with E-state index in [1.54, 1.807) is 11.0 Å². The molecule has 10 heteroatoms. The van der Waals surface area contributed by atoms with Crippen LogP contribution in [-0.4, -0.2) is 45.2 Å². The largest absolute Gasteiger partial charge is 0.444 e. The van der Waals surface area contributed by atoms with E-state index in [4.69, 9.17) is 14.5 Å². The molecule has 222 valence electrons. The van der Waals surface area contributed by atoms with Gasteiger partial charge in [0.15, 0.2) is 0 Å². The van der Waals surface area contributed by atoms with Crippen molar-refractivity contribution in [3.8, 4) is 16.9 Å².